The van der Waals surface area contributed by atoms with E-state index in [2.05, 4.69) is 10.2 Å². The van der Waals surface area contributed by atoms with Gasteiger partial charge in [0.15, 0.2) is 0 Å². The Bertz CT molecular complexity index is 479. The standard InChI is InChI=1S/C9H16ClN3O2S/c1-5-9(3,4)7-11-12-8(13(7)6-2)16(10,14)15/h5-6H2,1-4H3. The predicted molar refractivity (Wildman–Crippen MR) is 62.1 cm³/mol. The molecule has 0 amide bonds. The molecule has 1 rings (SSSR count). The van der Waals surface area contributed by atoms with Crippen LogP contribution in [0.4, 0.5) is 0 Å². The van der Waals surface area contributed by atoms with E-state index in [1.165, 1.54) is 0 Å². The molecule has 1 heterocycles. The average molecular weight is 266 g/mol. The van der Waals surface area contributed by atoms with E-state index < -0.39 is 9.05 Å². The Morgan fingerprint density at radius 1 is 1.31 bits per heavy atom. The molecule has 1 aromatic rings. The fraction of sp³-hybridized carbons (Fsp3) is 0.778. The van der Waals surface area contributed by atoms with Gasteiger partial charge in [-0.3, -0.25) is 0 Å². The van der Waals surface area contributed by atoms with E-state index in [4.69, 9.17) is 10.7 Å². The largest absolute Gasteiger partial charge is 0.301 e. The Labute approximate surface area is 100 Å². The minimum Gasteiger partial charge on any atom is -0.301 e. The lowest BCUT2D eigenvalue weighted by atomic mass is 9.89. The molecule has 0 saturated carbocycles. The van der Waals surface area contributed by atoms with Gasteiger partial charge in [-0.2, -0.15) is 0 Å². The molecule has 0 unspecified atom stereocenters. The third kappa shape index (κ3) is 2.38. The number of halogens is 1. The van der Waals surface area contributed by atoms with Crippen LogP contribution in [0.25, 0.3) is 0 Å². The summed E-state index contributed by atoms with van der Waals surface area (Å²) in [7, 11) is 1.47. The highest BCUT2D eigenvalue weighted by Crippen LogP contribution is 2.27. The Kier molecular flexibility index (Phi) is 3.64. The zero-order chi connectivity index (χ0) is 12.6. The first-order chi connectivity index (χ1) is 7.24. The number of rotatable bonds is 4. The first kappa shape index (κ1) is 13.4. The molecule has 0 aliphatic rings. The van der Waals surface area contributed by atoms with Crippen LogP contribution in [0.5, 0.6) is 0 Å². The lowest BCUT2D eigenvalue weighted by Crippen LogP contribution is -2.22. The summed E-state index contributed by atoms with van der Waals surface area (Å²) in [6.45, 7) is 8.32. The van der Waals surface area contributed by atoms with Crippen LogP contribution in [-0.2, 0) is 21.0 Å². The van der Waals surface area contributed by atoms with Gasteiger partial charge in [0.05, 0.1) is 0 Å². The van der Waals surface area contributed by atoms with E-state index in [1.807, 2.05) is 27.7 Å². The smallest absolute Gasteiger partial charge is 0.296 e. The molecule has 1 aromatic heterocycles. The summed E-state index contributed by atoms with van der Waals surface area (Å²) in [5.74, 6) is 0.650. The second-order valence-electron chi connectivity index (χ2n) is 4.23. The second kappa shape index (κ2) is 4.33. The van der Waals surface area contributed by atoms with Gasteiger partial charge in [0.1, 0.15) is 5.82 Å². The number of hydrogen-bond donors (Lipinski definition) is 0. The first-order valence-electron chi connectivity index (χ1n) is 5.12. The van der Waals surface area contributed by atoms with Gasteiger partial charge < -0.3 is 4.57 Å². The zero-order valence-electron chi connectivity index (χ0n) is 9.86. The van der Waals surface area contributed by atoms with Gasteiger partial charge in [-0.15, -0.1) is 10.2 Å². The Morgan fingerprint density at radius 3 is 2.25 bits per heavy atom. The molecule has 0 N–H and O–H groups in total. The molecule has 0 radical (unpaired) electrons. The van der Waals surface area contributed by atoms with Crippen LogP contribution >= 0.6 is 10.7 Å². The summed E-state index contributed by atoms with van der Waals surface area (Å²) in [5.41, 5.74) is -0.219. The van der Waals surface area contributed by atoms with Gasteiger partial charge >= 0.3 is 0 Å². The minimum absolute atomic E-state index is 0.173. The molecule has 0 spiro atoms. The number of aromatic nitrogens is 3. The summed E-state index contributed by atoms with van der Waals surface area (Å²) < 4.78 is 24.1. The molecule has 0 bridgehead atoms. The van der Waals surface area contributed by atoms with Crippen LogP contribution in [0.15, 0.2) is 5.16 Å². The highest BCUT2D eigenvalue weighted by atomic mass is 35.7. The molecule has 0 aliphatic carbocycles. The summed E-state index contributed by atoms with van der Waals surface area (Å²) in [6.07, 6.45) is 0.841. The van der Waals surface area contributed by atoms with E-state index in [0.717, 1.165) is 6.42 Å². The Balaban J connectivity index is 3.42. The highest BCUT2D eigenvalue weighted by Gasteiger charge is 2.29. The third-order valence-corrected chi connectivity index (χ3v) is 3.89. The fourth-order valence-corrected chi connectivity index (χ4v) is 2.37. The summed E-state index contributed by atoms with van der Waals surface area (Å²) in [6, 6.07) is 0. The van der Waals surface area contributed by atoms with Crippen LogP contribution in [0.1, 0.15) is 39.9 Å². The molecule has 0 aromatic carbocycles. The monoisotopic (exact) mass is 265 g/mol. The minimum atomic E-state index is -3.83. The van der Waals surface area contributed by atoms with Gasteiger partial charge in [0, 0.05) is 22.6 Å². The van der Waals surface area contributed by atoms with Gasteiger partial charge in [0.2, 0.25) is 0 Å². The summed E-state index contributed by atoms with van der Waals surface area (Å²) >= 11 is 0. The van der Waals surface area contributed by atoms with Crippen molar-refractivity contribution in [1.82, 2.24) is 14.8 Å². The molecular formula is C9H16ClN3O2S. The molecular weight excluding hydrogens is 250 g/mol. The van der Waals surface area contributed by atoms with Crippen LogP contribution in [0.2, 0.25) is 0 Å². The van der Waals surface area contributed by atoms with Gasteiger partial charge in [-0.25, -0.2) is 8.42 Å². The maximum Gasteiger partial charge on any atom is 0.296 e. The highest BCUT2D eigenvalue weighted by molar-refractivity contribution is 8.13. The van der Waals surface area contributed by atoms with Crippen LogP contribution in [-0.4, -0.2) is 23.2 Å². The molecule has 92 valence electrons. The van der Waals surface area contributed by atoms with Crippen molar-refractivity contribution in [3.63, 3.8) is 0 Å². The molecule has 0 aliphatic heterocycles. The van der Waals surface area contributed by atoms with Crippen molar-refractivity contribution in [3.05, 3.63) is 5.82 Å². The van der Waals surface area contributed by atoms with E-state index in [0.29, 0.717) is 12.4 Å². The number of hydrogen-bond acceptors (Lipinski definition) is 4. The van der Waals surface area contributed by atoms with E-state index >= 15 is 0 Å². The van der Waals surface area contributed by atoms with E-state index in [9.17, 15) is 8.42 Å². The quantitative estimate of drug-likeness (QED) is 0.780. The van der Waals surface area contributed by atoms with Crippen molar-refractivity contribution >= 4 is 19.7 Å². The molecule has 16 heavy (non-hydrogen) atoms. The van der Waals surface area contributed by atoms with Gasteiger partial charge in [-0.1, -0.05) is 20.8 Å². The Hall–Kier alpha value is -0.620. The molecule has 0 fully saturated rings. The van der Waals surface area contributed by atoms with Crippen molar-refractivity contribution in [3.8, 4) is 0 Å². The average Bonchev–Trinajstić information content (AvgIpc) is 2.60. The van der Waals surface area contributed by atoms with E-state index in [1.54, 1.807) is 4.57 Å². The lowest BCUT2D eigenvalue weighted by Gasteiger charge is -2.22. The molecule has 7 heteroatoms. The topological polar surface area (TPSA) is 64.8 Å². The maximum absolute atomic E-state index is 11.3. The molecule has 0 saturated heterocycles. The predicted octanol–water partition coefficient (Wildman–Crippen LogP) is 1.91. The van der Waals surface area contributed by atoms with Crippen molar-refractivity contribution < 1.29 is 8.42 Å². The zero-order valence-corrected chi connectivity index (χ0v) is 11.4. The summed E-state index contributed by atoms with van der Waals surface area (Å²) in [4.78, 5) is 0. The van der Waals surface area contributed by atoms with Crippen LogP contribution < -0.4 is 0 Å². The van der Waals surface area contributed by atoms with Gasteiger partial charge in [0.25, 0.3) is 14.2 Å². The normalized spacial score (nSPS) is 13.1. The van der Waals surface area contributed by atoms with E-state index in [-0.39, 0.29) is 10.6 Å². The molecule has 0 atom stereocenters. The van der Waals surface area contributed by atoms with Crippen molar-refractivity contribution in [2.75, 3.05) is 0 Å². The van der Waals surface area contributed by atoms with Gasteiger partial charge in [-0.05, 0) is 13.3 Å². The fourth-order valence-electron chi connectivity index (χ4n) is 1.41. The van der Waals surface area contributed by atoms with Crippen LogP contribution in [0, 0.1) is 0 Å². The molecule has 5 nitrogen and oxygen atoms in total. The first-order valence-corrected chi connectivity index (χ1v) is 7.43. The van der Waals surface area contributed by atoms with Crippen LogP contribution in [0.3, 0.4) is 0 Å². The third-order valence-electron chi connectivity index (χ3n) is 2.74. The Morgan fingerprint density at radius 2 is 1.88 bits per heavy atom. The lowest BCUT2D eigenvalue weighted by molar-refractivity contribution is 0.438. The second-order valence-corrected chi connectivity index (χ2v) is 6.69. The maximum atomic E-state index is 11.3. The number of nitrogens with zero attached hydrogens (tertiary/aromatic N) is 3. The SMILES string of the molecule is CCn1c(C(C)(C)CC)nnc1S(=O)(=O)Cl. The van der Waals surface area contributed by atoms with Crippen molar-refractivity contribution in [2.24, 2.45) is 0 Å². The van der Waals surface area contributed by atoms with Crippen molar-refractivity contribution in [2.45, 2.75) is 51.2 Å². The summed E-state index contributed by atoms with van der Waals surface area (Å²) in [5, 5.41) is 7.44. The van der Waals surface area contributed by atoms with Crippen molar-refractivity contribution in [1.29, 1.82) is 0 Å².